The van der Waals surface area contributed by atoms with Crippen LogP contribution in [0.5, 0.6) is 0 Å². The quantitative estimate of drug-likeness (QED) is 0.400. The molecule has 1 unspecified atom stereocenters. The second kappa shape index (κ2) is 9.25. The summed E-state index contributed by atoms with van der Waals surface area (Å²) in [4.78, 5) is 7.38. The largest absolute Gasteiger partial charge is 0.309 e. The van der Waals surface area contributed by atoms with Gasteiger partial charge in [-0.05, 0) is 0 Å². The molecule has 0 heterocycles. The van der Waals surface area contributed by atoms with E-state index in [0.717, 1.165) is 0 Å². The molecule has 0 aromatic rings. The predicted octanol–water partition coefficient (Wildman–Crippen LogP) is 1.14. The fraction of sp³-hybridized carbons (Fsp3) is 0. The first kappa shape index (κ1) is 9.93. The standard InChI is InChI=1S/C3H4.HO2PS/c1-3-2;1-3(2)4/h1-2H2;(H,1,2,4). The molecule has 0 saturated heterocycles. The Morgan fingerprint density at radius 1 is 1.71 bits per heavy atom. The Bertz CT molecular complexity index is 113. The summed E-state index contributed by atoms with van der Waals surface area (Å²) in [6, 6.07) is 0. The zero-order valence-corrected chi connectivity index (χ0v) is 5.34. The molecule has 0 radical (unpaired) electrons. The Hall–Kier alpha value is -0.200. The highest BCUT2D eigenvalue weighted by molar-refractivity contribution is 7.96. The van der Waals surface area contributed by atoms with Gasteiger partial charge in [-0.1, -0.05) is 13.2 Å². The summed E-state index contributed by atoms with van der Waals surface area (Å²) in [7, 11) is 0. The third-order valence-electron chi connectivity index (χ3n) is 0. The van der Waals surface area contributed by atoms with Crippen molar-refractivity contribution in [1.82, 2.24) is 0 Å². The van der Waals surface area contributed by atoms with Crippen molar-refractivity contribution in [1.29, 1.82) is 0 Å². The van der Waals surface area contributed by atoms with E-state index in [2.05, 4.69) is 30.7 Å². The van der Waals surface area contributed by atoms with Gasteiger partial charge in [0.1, 0.15) is 0 Å². The number of hydrogen-bond acceptors (Lipinski definition) is 2. The Morgan fingerprint density at radius 2 is 1.71 bits per heavy atom. The van der Waals surface area contributed by atoms with Crippen LogP contribution in [0.1, 0.15) is 0 Å². The van der Waals surface area contributed by atoms with Crippen molar-refractivity contribution in [3.63, 3.8) is 0 Å². The highest BCUT2D eigenvalue weighted by Gasteiger charge is 1.49. The summed E-state index contributed by atoms with van der Waals surface area (Å²) in [5, 5.41) is 0. The van der Waals surface area contributed by atoms with Gasteiger partial charge in [-0.15, -0.1) is 5.73 Å². The Balaban J connectivity index is 0. The van der Waals surface area contributed by atoms with Crippen molar-refractivity contribution >= 4 is 18.6 Å². The van der Waals surface area contributed by atoms with E-state index in [4.69, 9.17) is 9.46 Å². The lowest BCUT2D eigenvalue weighted by Crippen LogP contribution is -1.17. The lowest BCUT2D eigenvalue weighted by atomic mass is 11.0. The zero-order chi connectivity index (χ0) is 6.28. The van der Waals surface area contributed by atoms with Crippen LogP contribution in [0, 0.1) is 0 Å². The first-order valence-corrected chi connectivity index (χ1v) is 3.50. The van der Waals surface area contributed by atoms with E-state index >= 15 is 0 Å². The van der Waals surface area contributed by atoms with Gasteiger partial charge in [0.2, 0.25) is 0 Å². The maximum Gasteiger partial charge on any atom is 0.309 e. The molecule has 0 saturated carbocycles. The molecule has 0 aliphatic heterocycles. The van der Waals surface area contributed by atoms with Crippen molar-refractivity contribution in [2.24, 2.45) is 0 Å². The topological polar surface area (TPSA) is 37.3 Å². The van der Waals surface area contributed by atoms with E-state index in [1.807, 2.05) is 0 Å². The van der Waals surface area contributed by atoms with Crippen LogP contribution in [-0.2, 0) is 16.4 Å². The van der Waals surface area contributed by atoms with Crippen molar-refractivity contribution in [3.05, 3.63) is 18.9 Å². The maximum atomic E-state index is 8.96. The van der Waals surface area contributed by atoms with Crippen LogP contribution >= 0.6 is 6.80 Å². The van der Waals surface area contributed by atoms with Crippen molar-refractivity contribution < 1.29 is 9.46 Å². The van der Waals surface area contributed by atoms with Crippen LogP contribution in [0.4, 0.5) is 0 Å². The third kappa shape index (κ3) is 2090. The van der Waals surface area contributed by atoms with Gasteiger partial charge in [-0.3, -0.25) is 0 Å². The van der Waals surface area contributed by atoms with E-state index in [0.29, 0.717) is 0 Å². The molecule has 0 rings (SSSR count). The van der Waals surface area contributed by atoms with E-state index in [9.17, 15) is 0 Å². The van der Waals surface area contributed by atoms with Gasteiger partial charge < -0.3 is 4.89 Å². The molecule has 1 atom stereocenters. The number of hydrogen-bond donors (Lipinski definition) is 1. The van der Waals surface area contributed by atoms with Crippen LogP contribution in [0.2, 0.25) is 0 Å². The zero-order valence-electron chi connectivity index (χ0n) is 3.63. The molecule has 0 fully saturated rings. The van der Waals surface area contributed by atoms with Crippen molar-refractivity contribution in [3.8, 4) is 0 Å². The molecular formula is C3H5O2PS. The summed E-state index contributed by atoms with van der Waals surface area (Å²) in [6.45, 7) is 3.96. The van der Waals surface area contributed by atoms with E-state index in [-0.39, 0.29) is 0 Å². The third-order valence-corrected chi connectivity index (χ3v) is 0. The Kier molecular flexibility index (Phi) is 13.1. The molecule has 4 heteroatoms. The minimum Gasteiger partial charge on any atom is -0.308 e. The molecular weight excluding hydrogens is 131 g/mol. The minimum atomic E-state index is -2.29. The molecule has 0 bridgehead atoms. The maximum absolute atomic E-state index is 8.96. The SMILES string of the molecule is C=C=C.O=P(O)=S. The highest BCUT2D eigenvalue weighted by Crippen LogP contribution is 1.85. The molecule has 40 valence electrons. The average molecular weight is 136 g/mol. The number of rotatable bonds is 0. The van der Waals surface area contributed by atoms with Crippen LogP contribution in [-0.4, -0.2) is 4.89 Å². The predicted molar refractivity (Wildman–Crippen MR) is 32.0 cm³/mol. The van der Waals surface area contributed by atoms with Crippen LogP contribution in [0.15, 0.2) is 18.9 Å². The Morgan fingerprint density at radius 3 is 1.71 bits per heavy atom. The molecule has 0 amide bonds. The Labute approximate surface area is 47.7 Å². The van der Waals surface area contributed by atoms with Crippen molar-refractivity contribution in [2.75, 3.05) is 0 Å². The van der Waals surface area contributed by atoms with Gasteiger partial charge in [0, 0.05) is 11.8 Å². The summed E-state index contributed by atoms with van der Waals surface area (Å²) < 4.78 is 8.96. The van der Waals surface area contributed by atoms with E-state index in [1.54, 1.807) is 0 Å². The minimum absolute atomic E-state index is 2.25. The first-order valence-electron chi connectivity index (χ1n) is 1.27. The summed E-state index contributed by atoms with van der Waals surface area (Å²) in [5.41, 5.74) is 2.25. The second-order valence-corrected chi connectivity index (χ2v) is 1.90. The van der Waals surface area contributed by atoms with Crippen LogP contribution in [0.3, 0.4) is 0 Å². The van der Waals surface area contributed by atoms with E-state index < -0.39 is 6.80 Å². The van der Waals surface area contributed by atoms with Crippen LogP contribution in [0.25, 0.3) is 0 Å². The summed E-state index contributed by atoms with van der Waals surface area (Å²) in [5.74, 6) is 0. The van der Waals surface area contributed by atoms with Gasteiger partial charge in [0.25, 0.3) is 0 Å². The molecule has 0 aromatic carbocycles. The highest BCUT2D eigenvalue weighted by atomic mass is 32.4. The fourth-order valence-electron chi connectivity index (χ4n) is 0. The lowest BCUT2D eigenvalue weighted by molar-refractivity contribution is 0.522. The average Bonchev–Trinajstić information content (AvgIpc) is 1.33. The molecule has 0 spiro atoms. The molecule has 7 heavy (non-hydrogen) atoms. The second-order valence-electron chi connectivity index (χ2n) is 0.488. The normalized spacial score (nSPS) is 7.29. The summed E-state index contributed by atoms with van der Waals surface area (Å²) >= 11 is 3.69. The lowest BCUT2D eigenvalue weighted by Gasteiger charge is -1.40. The first-order chi connectivity index (χ1) is 3.15. The monoisotopic (exact) mass is 136 g/mol. The molecule has 0 aliphatic rings. The van der Waals surface area contributed by atoms with Gasteiger partial charge in [-0.25, -0.2) is 4.57 Å². The van der Waals surface area contributed by atoms with Crippen molar-refractivity contribution in [2.45, 2.75) is 0 Å². The van der Waals surface area contributed by atoms with Gasteiger partial charge in [0.15, 0.2) is 0 Å². The van der Waals surface area contributed by atoms with E-state index in [1.165, 1.54) is 0 Å². The molecule has 0 aliphatic carbocycles. The molecule has 2 nitrogen and oxygen atoms in total. The van der Waals surface area contributed by atoms with Gasteiger partial charge in [0.05, 0.1) is 0 Å². The summed E-state index contributed by atoms with van der Waals surface area (Å²) in [6.07, 6.45) is 0. The smallest absolute Gasteiger partial charge is 0.308 e. The van der Waals surface area contributed by atoms with Crippen LogP contribution < -0.4 is 0 Å². The van der Waals surface area contributed by atoms with Gasteiger partial charge >= 0.3 is 6.80 Å². The fourth-order valence-corrected chi connectivity index (χ4v) is 0. The molecule has 1 N–H and O–H groups in total. The van der Waals surface area contributed by atoms with Gasteiger partial charge in [-0.2, -0.15) is 0 Å². The molecule has 0 aromatic heterocycles.